The first-order valence-electron chi connectivity index (χ1n) is 6.93. The summed E-state index contributed by atoms with van der Waals surface area (Å²) in [7, 11) is 1.81. The summed E-state index contributed by atoms with van der Waals surface area (Å²) in [6.45, 7) is 1.25. The quantitative estimate of drug-likeness (QED) is 0.680. The third-order valence-corrected chi connectivity index (χ3v) is 3.67. The van der Waals surface area contributed by atoms with Crippen molar-refractivity contribution in [2.24, 2.45) is 0 Å². The van der Waals surface area contributed by atoms with Crippen LogP contribution in [0.4, 0.5) is 10.1 Å². The number of hydrogen-bond acceptors (Lipinski definition) is 4. The van der Waals surface area contributed by atoms with Gasteiger partial charge in [-0.05, 0) is 32.4 Å². The van der Waals surface area contributed by atoms with Crippen molar-refractivity contribution in [2.45, 2.75) is 25.3 Å². The number of benzene rings is 1. The molecule has 0 saturated carbocycles. The van der Waals surface area contributed by atoms with E-state index in [0.717, 1.165) is 37.5 Å². The van der Waals surface area contributed by atoms with E-state index in [-0.39, 0.29) is 17.5 Å². The van der Waals surface area contributed by atoms with Gasteiger partial charge in [0.15, 0.2) is 0 Å². The summed E-state index contributed by atoms with van der Waals surface area (Å²) < 4.78 is 13.5. The van der Waals surface area contributed by atoms with E-state index in [2.05, 4.69) is 5.32 Å². The standard InChI is InChI=1S/C14H18FN3O3/c1-16-9-12-4-2-3-5-17(12)14(19)10-6-11(15)8-13(7-10)18(20)21/h6-8,12,16H,2-5,9H2,1H3. The molecule has 1 aromatic rings. The van der Waals surface area contributed by atoms with Crippen LogP contribution < -0.4 is 5.32 Å². The van der Waals surface area contributed by atoms with Crippen LogP contribution in [0.3, 0.4) is 0 Å². The largest absolute Gasteiger partial charge is 0.334 e. The summed E-state index contributed by atoms with van der Waals surface area (Å²) >= 11 is 0. The predicted molar refractivity (Wildman–Crippen MR) is 75.7 cm³/mol. The Morgan fingerprint density at radius 3 is 2.90 bits per heavy atom. The van der Waals surface area contributed by atoms with E-state index in [0.29, 0.717) is 13.1 Å². The average Bonchev–Trinajstić information content (AvgIpc) is 2.47. The van der Waals surface area contributed by atoms with Crippen LogP contribution in [0.5, 0.6) is 0 Å². The zero-order valence-corrected chi connectivity index (χ0v) is 11.8. The highest BCUT2D eigenvalue weighted by atomic mass is 19.1. The second-order valence-electron chi connectivity index (χ2n) is 5.16. The number of nitro groups is 1. The van der Waals surface area contributed by atoms with Gasteiger partial charge in [-0.2, -0.15) is 0 Å². The van der Waals surface area contributed by atoms with Gasteiger partial charge in [0.25, 0.3) is 11.6 Å². The lowest BCUT2D eigenvalue weighted by Crippen LogP contribution is -2.48. The number of nitrogens with one attached hydrogen (secondary N) is 1. The first-order valence-corrected chi connectivity index (χ1v) is 6.93. The molecular formula is C14H18FN3O3. The molecule has 1 aliphatic rings. The normalized spacial score (nSPS) is 18.6. The average molecular weight is 295 g/mol. The summed E-state index contributed by atoms with van der Waals surface area (Å²) in [6, 6.07) is 3.05. The maximum absolute atomic E-state index is 13.5. The Morgan fingerprint density at radius 1 is 1.48 bits per heavy atom. The van der Waals surface area contributed by atoms with E-state index in [1.807, 2.05) is 7.05 Å². The van der Waals surface area contributed by atoms with Crippen molar-refractivity contribution >= 4 is 11.6 Å². The van der Waals surface area contributed by atoms with Gasteiger partial charge >= 0.3 is 0 Å². The van der Waals surface area contributed by atoms with E-state index in [4.69, 9.17) is 0 Å². The number of piperidine rings is 1. The third kappa shape index (κ3) is 3.55. The van der Waals surface area contributed by atoms with Crippen molar-refractivity contribution < 1.29 is 14.1 Å². The Morgan fingerprint density at radius 2 is 2.24 bits per heavy atom. The fourth-order valence-electron chi connectivity index (χ4n) is 2.68. The van der Waals surface area contributed by atoms with E-state index in [1.54, 1.807) is 4.90 Å². The van der Waals surface area contributed by atoms with Gasteiger partial charge in [-0.3, -0.25) is 14.9 Å². The van der Waals surface area contributed by atoms with Gasteiger partial charge in [0.05, 0.1) is 11.0 Å². The van der Waals surface area contributed by atoms with Crippen LogP contribution in [0, 0.1) is 15.9 Å². The number of halogens is 1. The van der Waals surface area contributed by atoms with Crippen molar-refractivity contribution in [2.75, 3.05) is 20.1 Å². The van der Waals surface area contributed by atoms with E-state index in [9.17, 15) is 19.3 Å². The van der Waals surface area contributed by atoms with Crippen LogP contribution in [0.1, 0.15) is 29.6 Å². The second kappa shape index (κ2) is 6.62. The number of likely N-dealkylation sites (tertiary alicyclic amines) is 1. The van der Waals surface area contributed by atoms with Crippen LogP contribution in [0.25, 0.3) is 0 Å². The predicted octanol–water partition coefficient (Wildman–Crippen LogP) is 1.95. The van der Waals surface area contributed by atoms with Crippen LogP contribution in [-0.4, -0.2) is 41.9 Å². The number of nitro benzene ring substituents is 1. The van der Waals surface area contributed by atoms with Crippen molar-refractivity contribution in [1.29, 1.82) is 0 Å². The minimum atomic E-state index is -0.769. The fraction of sp³-hybridized carbons (Fsp3) is 0.500. The summed E-state index contributed by atoms with van der Waals surface area (Å²) in [4.78, 5) is 24.3. The summed E-state index contributed by atoms with van der Waals surface area (Å²) in [5.41, 5.74) is -0.370. The van der Waals surface area contributed by atoms with E-state index in [1.165, 1.54) is 0 Å². The smallest absolute Gasteiger partial charge is 0.273 e. The van der Waals surface area contributed by atoms with Crippen LogP contribution in [0.2, 0.25) is 0 Å². The summed E-state index contributed by atoms with van der Waals surface area (Å²) in [6.07, 6.45) is 2.81. The lowest BCUT2D eigenvalue weighted by molar-refractivity contribution is -0.385. The number of hydrogen-bond donors (Lipinski definition) is 1. The zero-order valence-electron chi connectivity index (χ0n) is 11.8. The van der Waals surface area contributed by atoms with Gasteiger partial charge in [0.2, 0.25) is 0 Å². The first-order chi connectivity index (χ1) is 10.0. The van der Waals surface area contributed by atoms with Crippen LogP contribution >= 0.6 is 0 Å². The molecule has 0 aliphatic carbocycles. The summed E-state index contributed by atoms with van der Waals surface area (Å²) in [5.74, 6) is -1.12. The topological polar surface area (TPSA) is 75.5 Å². The molecule has 1 fully saturated rings. The third-order valence-electron chi connectivity index (χ3n) is 3.67. The molecule has 114 valence electrons. The molecule has 1 heterocycles. The van der Waals surface area contributed by atoms with Crippen molar-refractivity contribution in [3.8, 4) is 0 Å². The molecule has 0 bridgehead atoms. The summed E-state index contributed by atoms with van der Waals surface area (Å²) in [5, 5.41) is 13.8. The molecule has 21 heavy (non-hydrogen) atoms. The molecule has 1 unspecified atom stereocenters. The molecule has 0 spiro atoms. The number of carbonyl (C=O) groups is 1. The molecule has 1 atom stereocenters. The Hall–Kier alpha value is -2.02. The molecule has 1 aromatic carbocycles. The lowest BCUT2D eigenvalue weighted by Gasteiger charge is -2.35. The van der Waals surface area contributed by atoms with Crippen molar-refractivity contribution in [3.63, 3.8) is 0 Å². The molecule has 0 aromatic heterocycles. The van der Waals surface area contributed by atoms with Crippen molar-refractivity contribution in [3.05, 3.63) is 39.7 Å². The minimum absolute atomic E-state index is 0.0321. The number of likely N-dealkylation sites (N-methyl/N-ethyl adjacent to an activating group) is 1. The minimum Gasteiger partial charge on any atom is -0.334 e. The Balaban J connectivity index is 2.27. The number of non-ortho nitro benzene ring substituents is 1. The highest BCUT2D eigenvalue weighted by Crippen LogP contribution is 2.22. The van der Waals surface area contributed by atoms with Crippen LogP contribution in [0.15, 0.2) is 18.2 Å². The Kier molecular flexibility index (Phi) is 4.85. The SMILES string of the molecule is CNCC1CCCCN1C(=O)c1cc(F)cc([N+](=O)[O-])c1. The van der Waals surface area contributed by atoms with Gasteiger partial charge < -0.3 is 10.2 Å². The fourth-order valence-corrected chi connectivity index (χ4v) is 2.68. The first kappa shape index (κ1) is 15.4. The molecule has 7 heteroatoms. The Bertz CT molecular complexity index is 548. The number of rotatable bonds is 4. The van der Waals surface area contributed by atoms with Gasteiger partial charge in [-0.15, -0.1) is 0 Å². The molecule has 1 N–H and O–H groups in total. The zero-order chi connectivity index (χ0) is 15.4. The number of carbonyl (C=O) groups excluding carboxylic acids is 1. The maximum Gasteiger partial charge on any atom is 0.273 e. The van der Waals surface area contributed by atoms with Gasteiger partial charge in [-0.1, -0.05) is 0 Å². The molecule has 0 radical (unpaired) electrons. The molecule has 1 amide bonds. The van der Waals surface area contributed by atoms with Gasteiger partial charge in [0.1, 0.15) is 5.82 Å². The highest BCUT2D eigenvalue weighted by molar-refractivity contribution is 5.95. The maximum atomic E-state index is 13.5. The molecule has 1 saturated heterocycles. The monoisotopic (exact) mass is 295 g/mol. The Labute approximate surface area is 122 Å². The van der Waals surface area contributed by atoms with E-state index >= 15 is 0 Å². The van der Waals surface area contributed by atoms with E-state index < -0.39 is 16.4 Å². The van der Waals surface area contributed by atoms with Crippen LogP contribution in [-0.2, 0) is 0 Å². The molecular weight excluding hydrogens is 277 g/mol. The number of amides is 1. The van der Waals surface area contributed by atoms with Crippen molar-refractivity contribution in [1.82, 2.24) is 10.2 Å². The van der Waals surface area contributed by atoms with Gasteiger partial charge in [0, 0.05) is 30.8 Å². The molecule has 6 nitrogen and oxygen atoms in total. The lowest BCUT2D eigenvalue weighted by atomic mass is 10.0. The number of nitrogens with zero attached hydrogens (tertiary/aromatic N) is 2. The highest BCUT2D eigenvalue weighted by Gasteiger charge is 2.28. The second-order valence-corrected chi connectivity index (χ2v) is 5.16. The molecule has 2 rings (SSSR count). The molecule has 1 aliphatic heterocycles. The van der Waals surface area contributed by atoms with Gasteiger partial charge in [-0.25, -0.2) is 4.39 Å².